The van der Waals surface area contributed by atoms with Gasteiger partial charge >= 0.3 is 0 Å². The van der Waals surface area contributed by atoms with Crippen molar-refractivity contribution in [3.8, 4) is 0 Å². The van der Waals surface area contributed by atoms with Crippen LogP contribution >= 0.6 is 11.6 Å². The third-order valence-electron chi connectivity index (χ3n) is 4.55. The Morgan fingerprint density at radius 3 is 2.79 bits per heavy atom. The van der Waals surface area contributed by atoms with E-state index >= 15 is 0 Å². The topological polar surface area (TPSA) is 44.8 Å². The predicted octanol–water partition coefficient (Wildman–Crippen LogP) is 1.50. The van der Waals surface area contributed by atoms with Crippen molar-refractivity contribution < 1.29 is 13.9 Å². The van der Waals surface area contributed by atoms with E-state index in [0.717, 1.165) is 31.8 Å². The van der Waals surface area contributed by atoms with Gasteiger partial charge in [0.05, 0.1) is 13.2 Å². The monoisotopic (exact) mass is 355 g/mol. The Hall–Kier alpha value is -1.21. The molecule has 1 unspecified atom stereocenters. The fourth-order valence-corrected chi connectivity index (χ4v) is 3.36. The maximum atomic E-state index is 13.1. The molecule has 5 nitrogen and oxygen atoms in total. The summed E-state index contributed by atoms with van der Waals surface area (Å²) in [6, 6.07) is 4.63. The Morgan fingerprint density at radius 2 is 2.12 bits per heavy atom. The summed E-state index contributed by atoms with van der Waals surface area (Å²) in [5.41, 5.74) is 0.918. The van der Waals surface area contributed by atoms with Crippen LogP contribution in [0.4, 0.5) is 4.39 Å². The van der Waals surface area contributed by atoms with Crippen LogP contribution in [0, 0.1) is 5.82 Å². The summed E-state index contributed by atoms with van der Waals surface area (Å²) in [6.45, 7) is 5.84. The highest BCUT2D eigenvalue weighted by molar-refractivity contribution is 6.31. The molecule has 1 aromatic rings. The van der Waals surface area contributed by atoms with E-state index in [-0.39, 0.29) is 17.8 Å². The molecular formula is C17H23ClFN3O2. The smallest absolute Gasteiger partial charge is 0.224 e. The van der Waals surface area contributed by atoms with E-state index in [1.807, 2.05) is 4.90 Å². The predicted molar refractivity (Wildman–Crippen MR) is 90.5 cm³/mol. The zero-order valence-corrected chi connectivity index (χ0v) is 14.4. The molecule has 2 heterocycles. The Kier molecular flexibility index (Phi) is 6.05. The molecule has 7 heteroatoms. The minimum absolute atomic E-state index is 0.127. The van der Waals surface area contributed by atoms with Gasteiger partial charge in [0.2, 0.25) is 5.91 Å². The molecule has 2 aliphatic heterocycles. The summed E-state index contributed by atoms with van der Waals surface area (Å²) >= 11 is 6.09. The lowest BCUT2D eigenvalue weighted by molar-refractivity contribution is -0.134. The van der Waals surface area contributed by atoms with Crippen LogP contribution in [0.15, 0.2) is 18.2 Å². The minimum Gasteiger partial charge on any atom is -0.378 e. The van der Waals surface area contributed by atoms with Crippen LogP contribution in [0.3, 0.4) is 0 Å². The van der Waals surface area contributed by atoms with Crippen LogP contribution in [-0.4, -0.2) is 67.7 Å². The lowest BCUT2D eigenvalue weighted by Crippen LogP contribution is -2.51. The van der Waals surface area contributed by atoms with Crippen molar-refractivity contribution in [1.29, 1.82) is 0 Å². The van der Waals surface area contributed by atoms with Crippen LogP contribution in [0.1, 0.15) is 12.0 Å². The van der Waals surface area contributed by atoms with E-state index in [2.05, 4.69) is 10.2 Å². The van der Waals surface area contributed by atoms with Crippen molar-refractivity contribution in [1.82, 2.24) is 15.1 Å². The molecule has 2 fully saturated rings. The first-order valence-electron chi connectivity index (χ1n) is 8.37. The van der Waals surface area contributed by atoms with Crippen LogP contribution < -0.4 is 5.32 Å². The van der Waals surface area contributed by atoms with Crippen LogP contribution in [-0.2, 0) is 16.1 Å². The van der Waals surface area contributed by atoms with Gasteiger partial charge in [-0.3, -0.25) is 9.69 Å². The number of carbonyl (C=O) groups is 1. The quantitative estimate of drug-likeness (QED) is 0.889. The average Bonchev–Trinajstić information content (AvgIpc) is 2.59. The van der Waals surface area contributed by atoms with Gasteiger partial charge in [-0.15, -0.1) is 0 Å². The SMILES string of the molecule is O=C(CC1COCCN1)N1CCN(Cc2ccc(F)cc2Cl)CC1. The molecule has 1 atom stereocenters. The summed E-state index contributed by atoms with van der Waals surface area (Å²) in [7, 11) is 0. The molecule has 24 heavy (non-hydrogen) atoms. The number of hydrogen-bond acceptors (Lipinski definition) is 4. The Bertz CT molecular complexity index is 573. The summed E-state index contributed by atoms with van der Waals surface area (Å²) in [5, 5.41) is 3.77. The van der Waals surface area contributed by atoms with Crippen molar-refractivity contribution in [2.75, 3.05) is 45.9 Å². The maximum absolute atomic E-state index is 13.1. The molecule has 2 aliphatic rings. The van der Waals surface area contributed by atoms with E-state index in [4.69, 9.17) is 16.3 Å². The fourth-order valence-electron chi connectivity index (χ4n) is 3.14. The number of benzene rings is 1. The second-order valence-corrected chi connectivity index (χ2v) is 6.73. The third kappa shape index (κ3) is 4.66. The first-order chi connectivity index (χ1) is 11.6. The fraction of sp³-hybridized carbons (Fsp3) is 0.588. The van der Waals surface area contributed by atoms with Gasteiger partial charge in [0, 0.05) is 56.8 Å². The Balaban J connectivity index is 1.45. The highest BCUT2D eigenvalue weighted by Gasteiger charge is 2.24. The molecule has 0 aromatic heterocycles. The molecule has 0 aliphatic carbocycles. The van der Waals surface area contributed by atoms with E-state index in [1.54, 1.807) is 6.07 Å². The standard InChI is InChI=1S/C17H23ClFN3O2/c18-16-9-14(19)2-1-13(16)11-21-4-6-22(7-5-21)17(23)10-15-12-24-8-3-20-15/h1-2,9,15,20H,3-8,10-12H2. The number of hydrogen-bond donors (Lipinski definition) is 1. The number of morpholine rings is 1. The molecule has 1 N–H and O–H groups in total. The van der Waals surface area contributed by atoms with Crippen molar-refractivity contribution >= 4 is 17.5 Å². The Morgan fingerprint density at radius 1 is 1.33 bits per heavy atom. The second-order valence-electron chi connectivity index (χ2n) is 6.32. The van der Waals surface area contributed by atoms with Gasteiger partial charge in [0.15, 0.2) is 0 Å². The highest BCUT2D eigenvalue weighted by Crippen LogP contribution is 2.20. The van der Waals surface area contributed by atoms with E-state index in [1.165, 1.54) is 12.1 Å². The van der Waals surface area contributed by atoms with Crippen LogP contribution in [0.2, 0.25) is 5.02 Å². The van der Waals surface area contributed by atoms with Gasteiger partial charge < -0.3 is 15.0 Å². The zero-order valence-electron chi connectivity index (χ0n) is 13.6. The summed E-state index contributed by atoms with van der Waals surface area (Å²) in [4.78, 5) is 16.5. The first kappa shape index (κ1) is 17.6. The van der Waals surface area contributed by atoms with Gasteiger partial charge in [0.1, 0.15) is 5.82 Å². The molecule has 0 saturated carbocycles. The molecule has 0 bridgehead atoms. The molecule has 2 saturated heterocycles. The minimum atomic E-state index is -0.320. The average molecular weight is 356 g/mol. The maximum Gasteiger partial charge on any atom is 0.224 e. The highest BCUT2D eigenvalue weighted by atomic mass is 35.5. The van der Waals surface area contributed by atoms with Crippen molar-refractivity contribution in [2.45, 2.75) is 19.0 Å². The van der Waals surface area contributed by atoms with E-state index in [9.17, 15) is 9.18 Å². The summed E-state index contributed by atoms with van der Waals surface area (Å²) in [5.74, 6) is -0.142. The van der Waals surface area contributed by atoms with Crippen LogP contribution in [0.25, 0.3) is 0 Å². The lowest BCUT2D eigenvalue weighted by Gasteiger charge is -2.36. The number of rotatable bonds is 4. The lowest BCUT2D eigenvalue weighted by atomic mass is 10.1. The number of amides is 1. The number of ether oxygens (including phenoxy) is 1. The molecule has 1 amide bonds. The van der Waals surface area contributed by atoms with Gasteiger partial charge in [-0.25, -0.2) is 4.39 Å². The number of halogens is 2. The molecule has 3 rings (SSSR count). The first-order valence-corrected chi connectivity index (χ1v) is 8.75. The molecular weight excluding hydrogens is 333 g/mol. The molecule has 0 spiro atoms. The van der Waals surface area contributed by atoms with Crippen molar-refractivity contribution in [2.24, 2.45) is 0 Å². The molecule has 0 radical (unpaired) electrons. The number of piperazine rings is 1. The largest absolute Gasteiger partial charge is 0.378 e. The molecule has 132 valence electrons. The van der Waals surface area contributed by atoms with Crippen molar-refractivity contribution in [3.63, 3.8) is 0 Å². The number of nitrogens with zero attached hydrogens (tertiary/aromatic N) is 2. The Labute approximate surface area is 146 Å². The van der Waals surface area contributed by atoms with E-state index in [0.29, 0.717) is 37.7 Å². The third-order valence-corrected chi connectivity index (χ3v) is 4.91. The van der Waals surface area contributed by atoms with Gasteiger partial charge in [-0.2, -0.15) is 0 Å². The second kappa shape index (κ2) is 8.25. The number of nitrogens with one attached hydrogen (secondary N) is 1. The number of carbonyl (C=O) groups excluding carboxylic acids is 1. The molecule has 1 aromatic carbocycles. The zero-order chi connectivity index (χ0) is 16.9. The van der Waals surface area contributed by atoms with E-state index < -0.39 is 0 Å². The van der Waals surface area contributed by atoms with Crippen LogP contribution in [0.5, 0.6) is 0 Å². The summed E-state index contributed by atoms with van der Waals surface area (Å²) < 4.78 is 18.5. The van der Waals surface area contributed by atoms with Gasteiger partial charge in [-0.1, -0.05) is 17.7 Å². The summed E-state index contributed by atoms with van der Waals surface area (Å²) in [6.07, 6.45) is 0.490. The normalized spacial score (nSPS) is 22.6. The van der Waals surface area contributed by atoms with Gasteiger partial charge in [0.25, 0.3) is 0 Å². The van der Waals surface area contributed by atoms with Gasteiger partial charge in [-0.05, 0) is 17.7 Å². The van der Waals surface area contributed by atoms with Crippen molar-refractivity contribution in [3.05, 3.63) is 34.6 Å².